The Hall–Kier alpha value is -3.42. The molecule has 0 atom stereocenters. The predicted octanol–water partition coefficient (Wildman–Crippen LogP) is 4.21. The molecule has 0 saturated carbocycles. The van der Waals surface area contributed by atoms with E-state index in [1.807, 2.05) is 0 Å². The second-order valence-corrected chi connectivity index (χ2v) is 9.23. The number of aromatic nitrogens is 2. The number of carbonyl (C=O) groups excluding carboxylic acids is 1. The van der Waals surface area contributed by atoms with E-state index in [0.29, 0.717) is 18.3 Å². The third kappa shape index (κ3) is 6.09. The van der Waals surface area contributed by atoms with Crippen LogP contribution in [0.5, 0.6) is 11.5 Å². The molecule has 3 N–H and O–H groups in total. The number of ether oxygens (including phenoxy) is 1. The molecule has 0 fully saturated rings. The zero-order valence-electron chi connectivity index (χ0n) is 16.9. The van der Waals surface area contributed by atoms with Crippen LogP contribution >= 0.6 is 0 Å². The van der Waals surface area contributed by atoms with Gasteiger partial charge in [0.2, 0.25) is 0 Å². The van der Waals surface area contributed by atoms with E-state index in [1.54, 1.807) is 0 Å². The summed E-state index contributed by atoms with van der Waals surface area (Å²) in [6.07, 6.45) is -1.81. The first kappa shape index (κ1) is 24.2. The van der Waals surface area contributed by atoms with Crippen LogP contribution in [-0.4, -0.2) is 43.0 Å². The van der Waals surface area contributed by atoms with Gasteiger partial charge < -0.3 is 20.4 Å². The number of fused-ring (bicyclic) bond motifs is 1. The number of sulfone groups is 1. The number of benzene rings is 1. The normalized spacial score (nSPS) is 12.1. The van der Waals surface area contributed by atoms with E-state index in [4.69, 9.17) is 4.74 Å². The van der Waals surface area contributed by atoms with Crippen LogP contribution in [0.2, 0.25) is 0 Å². The summed E-state index contributed by atoms with van der Waals surface area (Å²) in [4.78, 5) is 17.9. The zero-order chi connectivity index (χ0) is 24.4. The molecule has 0 bridgehead atoms. The summed E-state index contributed by atoms with van der Waals surface area (Å²) in [6, 6.07) is 1.62. The summed E-state index contributed by atoms with van der Waals surface area (Å²) < 4.78 is 95.9. The largest absolute Gasteiger partial charge is 0.450 e. The molecule has 0 radical (unpaired) electrons. The Balaban J connectivity index is 1.77. The molecule has 3 rings (SSSR count). The van der Waals surface area contributed by atoms with E-state index in [0.717, 1.165) is 18.5 Å². The maximum atomic E-state index is 14.5. The smallest absolute Gasteiger partial charge is 0.418 e. The molecular formula is C19H17F5N4O4S. The minimum atomic E-state index is -4.76. The molecule has 0 aliphatic carbocycles. The molecule has 178 valence electrons. The number of rotatable bonds is 7. The van der Waals surface area contributed by atoms with Gasteiger partial charge in [0, 0.05) is 43.0 Å². The maximum absolute atomic E-state index is 14.5. The molecule has 0 aliphatic rings. The van der Waals surface area contributed by atoms with Gasteiger partial charge in [0.15, 0.2) is 17.4 Å². The third-order valence-corrected chi connectivity index (χ3v) is 5.32. The van der Waals surface area contributed by atoms with Crippen LogP contribution < -0.4 is 15.4 Å². The minimum absolute atomic E-state index is 0.00130. The summed E-state index contributed by atoms with van der Waals surface area (Å²) in [6.45, 7) is 0.00130. The summed E-state index contributed by atoms with van der Waals surface area (Å²) in [5, 5.41) is 3.99. The first-order valence-electron chi connectivity index (χ1n) is 9.28. The summed E-state index contributed by atoms with van der Waals surface area (Å²) >= 11 is 0. The number of nitrogens with zero attached hydrogens (tertiary/aromatic N) is 1. The molecule has 2 aromatic heterocycles. The van der Waals surface area contributed by atoms with E-state index in [1.165, 1.54) is 0 Å². The van der Waals surface area contributed by atoms with Crippen LogP contribution in [0.25, 0.3) is 11.0 Å². The molecular weight excluding hydrogens is 475 g/mol. The van der Waals surface area contributed by atoms with Crippen LogP contribution in [0.3, 0.4) is 0 Å². The zero-order valence-corrected chi connectivity index (χ0v) is 17.7. The van der Waals surface area contributed by atoms with E-state index < -0.39 is 56.1 Å². The van der Waals surface area contributed by atoms with Crippen molar-refractivity contribution < 1.29 is 39.9 Å². The van der Waals surface area contributed by atoms with Gasteiger partial charge >= 0.3 is 12.2 Å². The van der Waals surface area contributed by atoms with E-state index in [-0.39, 0.29) is 30.1 Å². The van der Waals surface area contributed by atoms with Gasteiger partial charge in [-0.2, -0.15) is 13.2 Å². The number of anilines is 1. The summed E-state index contributed by atoms with van der Waals surface area (Å²) in [7, 11) is -3.20. The number of amides is 2. The fourth-order valence-electron chi connectivity index (χ4n) is 2.89. The third-order valence-electron chi connectivity index (χ3n) is 4.29. The van der Waals surface area contributed by atoms with Crippen molar-refractivity contribution in [2.24, 2.45) is 0 Å². The molecule has 8 nitrogen and oxygen atoms in total. The number of urea groups is 1. The lowest BCUT2D eigenvalue weighted by Crippen LogP contribution is -2.30. The Morgan fingerprint density at radius 3 is 2.48 bits per heavy atom. The molecule has 2 heterocycles. The molecule has 33 heavy (non-hydrogen) atoms. The van der Waals surface area contributed by atoms with Crippen LogP contribution in [0, 0.1) is 11.6 Å². The number of alkyl halides is 3. The highest BCUT2D eigenvalue weighted by atomic mass is 32.2. The Bertz CT molecular complexity index is 1270. The van der Waals surface area contributed by atoms with Crippen molar-refractivity contribution in [3.8, 4) is 11.5 Å². The number of hydrogen-bond acceptors (Lipinski definition) is 5. The summed E-state index contributed by atoms with van der Waals surface area (Å²) in [5.41, 5.74) is -1.60. The van der Waals surface area contributed by atoms with Crippen molar-refractivity contribution >= 4 is 32.6 Å². The molecule has 0 unspecified atom stereocenters. The van der Waals surface area contributed by atoms with Gasteiger partial charge in [-0.3, -0.25) is 0 Å². The Morgan fingerprint density at radius 2 is 1.88 bits per heavy atom. The second-order valence-electron chi connectivity index (χ2n) is 6.97. The van der Waals surface area contributed by atoms with Crippen molar-refractivity contribution in [1.29, 1.82) is 0 Å². The lowest BCUT2D eigenvalue weighted by atomic mass is 10.2. The molecule has 0 saturated heterocycles. The van der Waals surface area contributed by atoms with Crippen molar-refractivity contribution in [2.75, 3.05) is 23.9 Å². The molecule has 2 amide bonds. The lowest BCUT2D eigenvalue weighted by Gasteiger charge is -2.13. The number of carbonyl (C=O) groups is 1. The second kappa shape index (κ2) is 9.21. The number of H-pyrrole nitrogens is 1. The van der Waals surface area contributed by atoms with Crippen molar-refractivity contribution in [1.82, 2.24) is 15.3 Å². The maximum Gasteiger partial charge on any atom is 0.418 e. The van der Waals surface area contributed by atoms with Crippen molar-refractivity contribution in [3.63, 3.8) is 0 Å². The summed E-state index contributed by atoms with van der Waals surface area (Å²) in [5.74, 6) is -4.17. The predicted molar refractivity (Wildman–Crippen MR) is 109 cm³/mol. The fourth-order valence-corrected chi connectivity index (χ4v) is 3.55. The Kier molecular flexibility index (Phi) is 6.76. The van der Waals surface area contributed by atoms with Gasteiger partial charge in [-0.25, -0.2) is 27.0 Å². The molecule has 3 aromatic rings. The average molecular weight is 492 g/mol. The fraction of sp³-hybridized carbons (Fsp3) is 0.263. The number of aromatic amines is 1. The first-order valence-corrected chi connectivity index (χ1v) is 11.3. The number of pyridine rings is 1. The molecule has 0 spiro atoms. The molecule has 14 heteroatoms. The molecule has 0 aliphatic heterocycles. The van der Waals surface area contributed by atoms with Gasteiger partial charge in [0.25, 0.3) is 0 Å². The van der Waals surface area contributed by atoms with Crippen LogP contribution in [-0.2, 0) is 16.0 Å². The highest BCUT2D eigenvalue weighted by Crippen LogP contribution is 2.40. The number of hydrogen-bond donors (Lipinski definition) is 3. The topological polar surface area (TPSA) is 113 Å². The standard InChI is InChI=1S/C19H17F5N4O4S/c1-33(30,31)6-2-4-26-18(29)28-10-7-12(20)16(13(21)8-10)32-14-3-5-25-17-15(14)11(9-27-17)19(22,23)24/h3,5,7-9H,2,4,6H2,1H3,(H,25,27)(H2,26,28,29). The van der Waals surface area contributed by atoms with E-state index in [9.17, 15) is 35.2 Å². The Morgan fingerprint density at radius 1 is 1.21 bits per heavy atom. The molecule has 1 aromatic carbocycles. The van der Waals surface area contributed by atoms with Gasteiger partial charge in [0.1, 0.15) is 21.2 Å². The lowest BCUT2D eigenvalue weighted by molar-refractivity contribution is -0.136. The Labute approximate surface area is 184 Å². The van der Waals surface area contributed by atoms with E-state index >= 15 is 0 Å². The van der Waals surface area contributed by atoms with Crippen LogP contribution in [0.1, 0.15) is 12.0 Å². The minimum Gasteiger partial charge on any atom is -0.450 e. The van der Waals surface area contributed by atoms with Gasteiger partial charge in [-0.1, -0.05) is 0 Å². The quantitative estimate of drug-likeness (QED) is 0.338. The monoisotopic (exact) mass is 492 g/mol. The van der Waals surface area contributed by atoms with Gasteiger partial charge in [-0.15, -0.1) is 0 Å². The SMILES string of the molecule is CS(=O)(=O)CCCNC(=O)Nc1cc(F)c(Oc2ccnc3[nH]cc(C(F)(F)F)c23)c(F)c1. The first-order chi connectivity index (χ1) is 15.3. The van der Waals surface area contributed by atoms with Crippen LogP contribution in [0.15, 0.2) is 30.6 Å². The van der Waals surface area contributed by atoms with Gasteiger partial charge in [0.05, 0.1) is 16.7 Å². The highest BCUT2D eigenvalue weighted by molar-refractivity contribution is 7.90. The van der Waals surface area contributed by atoms with E-state index in [2.05, 4.69) is 20.6 Å². The average Bonchev–Trinajstić information content (AvgIpc) is 3.13. The number of halogens is 5. The van der Waals surface area contributed by atoms with Gasteiger partial charge in [-0.05, 0) is 12.5 Å². The van der Waals surface area contributed by atoms with Crippen molar-refractivity contribution in [2.45, 2.75) is 12.6 Å². The highest BCUT2D eigenvalue weighted by Gasteiger charge is 2.35. The van der Waals surface area contributed by atoms with Crippen molar-refractivity contribution in [3.05, 3.63) is 47.8 Å². The van der Waals surface area contributed by atoms with Crippen LogP contribution in [0.4, 0.5) is 32.4 Å². The number of nitrogens with one attached hydrogen (secondary N) is 3.